The standard InChI is InChI=1S/C27H29N3O6S/c1-4-15-36-23-12-8-11-22(16-23)18-28-29-27(31)20-30(19-21-9-6-5-7-10-21)37(32,33)24-13-14-25(34-2)26(17-24)35-3/h4-14,16-18H,1,15,19-20H2,2-3H3,(H,29,31)/b28-18-. The number of benzene rings is 3. The zero-order valence-corrected chi connectivity index (χ0v) is 21.5. The molecule has 0 heterocycles. The summed E-state index contributed by atoms with van der Waals surface area (Å²) in [5.74, 6) is 0.680. The highest BCUT2D eigenvalue weighted by atomic mass is 32.2. The molecule has 0 spiro atoms. The van der Waals surface area contributed by atoms with Crippen LogP contribution in [0.3, 0.4) is 0 Å². The van der Waals surface area contributed by atoms with Gasteiger partial charge in [0.1, 0.15) is 12.4 Å². The van der Waals surface area contributed by atoms with Crippen molar-refractivity contribution < 1.29 is 27.4 Å². The normalized spacial score (nSPS) is 11.3. The molecule has 0 saturated heterocycles. The quantitative estimate of drug-likeness (QED) is 0.208. The summed E-state index contributed by atoms with van der Waals surface area (Å²) in [4.78, 5) is 12.7. The summed E-state index contributed by atoms with van der Waals surface area (Å²) in [7, 11) is -1.20. The van der Waals surface area contributed by atoms with Crippen LogP contribution in [0.2, 0.25) is 0 Å². The SMILES string of the molecule is C=CCOc1cccc(/C=N\NC(=O)CN(Cc2ccccc2)S(=O)(=O)c2ccc(OC)c(OC)c2)c1. The second kappa shape index (κ2) is 13.2. The molecular weight excluding hydrogens is 494 g/mol. The van der Waals surface area contributed by atoms with Gasteiger partial charge in [-0.2, -0.15) is 9.41 Å². The van der Waals surface area contributed by atoms with Gasteiger partial charge in [-0.15, -0.1) is 0 Å². The van der Waals surface area contributed by atoms with Crippen LogP contribution in [0.1, 0.15) is 11.1 Å². The second-order valence-corrected chi connectivity index (χ2v) is 9.68. The van der Waals surface area contributed by atoms with E-state index in [0.717, 1.165) is 9.87 Å². The summed E-state index contributed by atoms with van der Waals surface area (Å²) < 4.78 is 44.1. The maximum absolute atomic E-state index is 13.5. The summed E-state index contributed by atoms with van der Waals surface area (Å²) in [5, 5.41) is 3.97. The number of sulfonamides is 1. The number of nitrogens with zero attached hydrogens (tertiary/aromatic N) is 2. The van der Waals surface area contributed by atoms with Crippen LogP contribution in [-0.4, -0.2) is 52.2 Å². The van der Waals surface area contributed by atoms with Crippen molar-refractivity contribution in [1.29, 1.82) is 0 Å². The van der Waals surface area contributed by atoms with Gasteiger partial charge < -0.3 is 14.2 Å². The Morgan fingerprint density at radius 2 is 1.76 bits per heavy atom. The number of ether oxygens (including phenoxy) is 3. The Bertz CT molecular complexity index is 1340. The van der Waals surface area contributed by atoms with E-state index in [0.29, 0.717) is 23.7 Å². The molecule has 3 rings (SSSR count). The van der Waals surface area contributed by atoms with Gasteiger partial charge in [-0.25, -0.2) is 13.8 Å². The van der Waals surface area contributed by atoms with E-state index in [1.807, 2.05) is 6.07 Å². The van der Waals surface area contributed by atoms with Gasteiger partial charge in [0, 0.05) is 12.6 Å². The van der Waals surface area contributed by atoms with E-state index < -0.39 is 22.5 Å². The fourth-order valence-electron chi connectivity index (χ4n) is 3.35. The molecule has 1 amide bonds. The lowest BCUT2D eigenvalue weighted by Gasteiger charge is -2.22. The maximum atomic E-state index is 13.5. The summed E-state index contributed by atoms with van der Waals surface area (Å²) in [6.45, 7) is 3.51. The van der Waals surface area contributed by atoms with Crippen molar-refractivity contribution in [3.8, 4) is 17.2 Å². The summed E-state index contributed by atoms with van der Waals surface area (Å²) in [5.41, 5.74) is 3.81. The van der Waals surface area contributed by atoms with E-state index in [2.05, 4.69) is 17.1 Å². The smallest absolute Gasteiger partial charge is 0.255 e. The van der Waals surface area contributed by atoms with Crippen LogP contribution in [0.5, 0.6) is 17.2 Å². The molecule has 1 N–H and O–H groups in total. The third-order valence-corrected chi connectivity index (χ3v) is 6.93. The molecule has 0 aliphatic carbocycles. The van der Waals surface area contributed by atoms with Crippen molar-refractivity contribution in [1.82, 2.24) is 9.73 Å². The number of nitrogens with one attached hydrogen (secondary N) is 1. The first-order valence-corrected chi connectivity index (χ1v) is 12.7. The van der Waals surface area contributed by atoms with Crippen molar-refractivity contribution in [3.63, 3.8) is 0 Å². The summed E-state index contributed by atoms with van der Waals surface area (Å²) in [6.07, 6.45) is 3.08. The van der Waals surface area contributed by atoms with E-state index >= 15 is 0 Å². The Labute approximate surface area is 217 Å². The average Bonchev–Trinajstić information content (AvgIpc) is 2.92. The van der Waals surface area contributed by atoms with E-state index in [9.17, 15) is 13.2 Å². The van der Waals surface area contributed by atoms with E-state index in [1.54, 1.807) is 54.6 Å². The maximum Gasteiger partial charge on any atom is 0.255 e. The number of hydrazone groups is 1. The zero-order valence-electron chi connectivity index (χ0n) is 20.7. The Morgan fingerprint density at radius 1 is 1.00 bits per heavy atom. The average molecular weight is 524 g/mol. The molecule has 0 radical (unpaired) electrons. The summed E-state index contributed by atoms with van der Waals surface area (Å²) >= 11 is 0. The number of hydrogen-bond donors (Lipinski definition) is 1. The highest BCUT2D eigenvalue weighted by Crippen LogP contribution is 2.31. The summed E-state index contributed by atoms with van der Waals surface area (Å²) in [6, 6.07) is 20.4. The topological polar surface area (TPSA) is 107 Å². The molecule has 0 fully saturated rings. The molecule has 0 aliphatic rings. The van der Waals surface area contributed by atoms with Crippen molar-refractivity contribution in [2.75, 3.05) is 27.4 Å². The number of methoxy groups -OCH3 is 2. The minimum Gasteiger partial charge on any atom is -0.493 e. The molecule has 37 heavy (non-hydrogen) atoms. The minimum absolute atomic E-state index is 0.0165. The van der Waals surface area contributed by atoms with Gasteiger partial charge in [-0.1, -0.05) is 55.1 Å². The van der Waals surface area contributed by atoms with Gasteiger partial charge in [0.05, 0.1) is 31.9 Å². The molecule has 0 aromatic heterocycles. The molecule has 0 atom stereocenters. The van der Waals surface area contributed by atoms with E-state index in [4.69, 9.17) is 14.2 Å². The second-order valence-electron chi connectivity index (χ2n) is 7.74. The third-order valence-electron chi connectivity index (χ3n) is 5.14. The number of carbonyl (C=O) groups excluding carboxylic acids is 1. The van der Waals surface area contributed by atoms with Crippen LogP contribution in [0.25, 0.3) is 0 Å². The molecule has 0 saturated carbocycles. The van der Waals surface area contributed by atoms with Crippen molar-refractivity contribution in [3.05, 3.63) is 96.6 Å². The van der Waals surface area contributed by atoms with Crippen LogP contribution in [0, 0.1) is 0 Å². The van der Waals surface area contributed by atoms with Crippen LogP contribution < -0.4 is 19.6 Å². The lowest BCUT2D eigenvalue weighted by atomic mass is 10.2. The Kier molecular flexibility index (Phi) is 9.82. The number of hydrogen-bond acceptors (Lipinski definition) is 7. The molecule has 10 heteroatoms. The highest BCUT2D eigenvalue weighted by Gasteiger charge is 2.28. The van der Waals surface area contributed by atoms with Gasteiger partial charge in [-0.05, 0) is 35.4 Å². The fraction of sp³-hybridized carbons (Fsp3) is 0.185. The largest absolute Gasteiger partial charge is 0.493 e. The van der Waals surface area contributed by atoms with Crippen LogP contribution in [0.4, 0.5) is 0 Å². The number of carbonyl (C=O) groups is 1. The third kappa shape index (κ3) is 7.66. The van der Waals surface area contributed by atoms with Crippen molar-refractivity contribution in [2.24, 2.45) is 5.10 Å². The lowest BCUT2D eigenvalue weighted by Crippen LogP contribution is -2.39. The zero-order chi connectivity index (χ0) is 26.7. The van der Waals surface area contributed by atoms with Gasteiger partial charge >= 0.3 is 0 Å². The van der Waals surface area contributed by atoms with Crippen LogP contribution in [0.15, 0.2) is 95.4 Å². The van der Waals surface area contributed by atoms with Gasteiger partial charge in [0.2, 0.25) is 10.0 Å². The van der Waals surface area contributed by atoms with Gasteiger partial charge in [-0.3, -0.25) is 4.79 Å². The molecule has 0 aliphatic heterocycles. The first-order valence-electron chi connectivity index (χ1n) is 11.3. The molecule has 9 nitrogen and oxygen atoms in total. The number of rotatable bonds is 13. The van der Waals surface area contributed by atoms with Gasteiger partial charge in [0.25, 0.3) is 5.91 Å². The predicted octanol–water partition coefficient (Wildman–Crippen LogP) is 3.61. The molecule has 194 valence electrons. The molecule has 0 unspecified atom stereocenters. The minimum atomic E-state index is -4.08. The Morgan fingerprint density at radius 3 is 2.46 bits per heavy atom. The Hall–Kier alpha value is -4.15. The fourth-order valence-corrected chi connectivity index (χ4v) is 4.75. The first-order chi connectivity index (χ1) is 17.9. The van der Waals surface area contributed by atoms with Gasteiger partial charge in [0.15, 0.2) is 11.5 Å². The predicted molar refractivity (Wildman–Crippen MR) is 141 cm³/mol. The van der Waals surface area contributed by atoms with Crippen molar-refractivity contribution >= 4 is 22.1 Å². The van der Waals surface area contributed by atoms with Crippen molar-refractivity contribution in [2.45, 2.75) is 11.4 Å². The monoisotopic (exact) mass is 523 g/mol. The number of amides is 1. The first kappa shape index (κ1) is 27.4. The molecule has 0 bridgehead atoms. The lowest BCUT2D eigenvalue weighted by molar-refractivity contribution is -0.121. The molecular formula is C27H29N3O6S. The van der Waals surface area contributed by atoms with E-state index in [-0.39, 0.29) is 17.2 Å². The van der Waals surface area contributed by atoms with E-state index in [1.165, 1.54) is 38.6 Å². The highest BCUT2D eigenvalue weighted by molar-refractivity contribution is 7.89. The Balaban J connectivity index is 1.79. The van der Waals surface area contributed by atoms with Crippen LogP contribution >= 0.6 is 0 Å². The van der Waals surface area contributed by atoms with Crippen LogP contribution in [-0.2, 0) is 21.4 Å². The molecule has 3 aromatic carbocycles. The molecule has 3 aromatic rings.